The molecule has 8 nitrogen and oxygen atoms in total. The van der Waals surface area contributed by atoms with Gasteiger partial charge < -0.3 is 24.5 Å². The summed E-state index contributed by atoms with van der Waals surface area (Å²) in [6, 6.07) is 8.80. The molecule has 2 aromatic carbocycles. The fraction of sp³-hybridized carbons (Fsp3) is 0.190. The third kappa shape index (κ3) is 4.19. The zero-order chi connectivity index (χ0) is 22.0. The summed E-state index contributed by atoms with van der Waals surface area (Å²) in [6.07, 6.45) is 1.48. The van der Waals surface area contributed by atoms with Crippen molar-refractivity contribution in [2.24, 2.45) is 0 Å². The van der Waals surface area contributed by atoms with Crippen LogP contribution in [0.25, 0.3) is 21.9 Å². The normalized spacial score (nSPS) is 11.0. The van der Waals surface area contributed by atoms with Gasteiger partial charge in [0, 0.05) is 17.1 Å². The molecule has 4 rings (SSSR count). The first kappa shape index (κ1) is 21.1. The van der Waals surface area contributed by atoms with Crippen molar-refractivity contribution < 1.29 is 19.0 Å². The van der Waals surface area contributed by atoms with Gasteiger partial charge in [0.1, 0.15) is 22.6 Å². The van der Waals surface area contributed by atoms with E-state index in [1.165, 1.54) is 25.2 Å². The number of ether oxygens (including phenoxy) is 3. The number of rotatable bonds is 7. The van der Waals surface area contributed by atoms with Crippen LogP contribution in [-0.2, 0) is 4.79 Å². The van der Waals surface area contributed by atoms with Gasteiger partial charge in [0.2, 0.25) is 5.91 Å². The third-order valence-corrected chi connectivity index (χ3v) is 5.91. The number of hydrogen-bond donors (Lipinski definition) is 2. The molecule has 0 aliphatic carbocycles. The van der Waals surface area contributed by atoms with E-state index in [-0.39, 0.29) is 11.7 Å². The largest absolute Gasteiger partial charge is 0.495 e. The summed E-state index contributed by atoms with van der Waals surface area (Å²) < 4.78 is 15.9. The van der Waals surface area contributed by atoms with Crippen molar-refractivity contribution in [2.45, 2.75) is 5.03 Å². The summed E-state index contributed by atoms with van der Waals surface area (Å²) in [5.74, 6) is 1.75. The molecule has 0 unspecified atom stereocenters. The minimum Gasteiger partial charge on any atom is -0.495 e. The fourth-order valence-corrected chi connectivity index (χ4v) is 4.20. The van der Waals surface area contributed by atoms with E-state index in [0.717, 1.165) is 21.9 Å². The molecule has 31 heavy (non-hydrogen) atoms. The van der Waals surface area contributed by atoms with Crippen molar-refractivity contribution in [3.8, 4) is 17.2 Å². The molecule has 2 N–H and O–H groups in total. The Morgan fingerprint density at radius 3 is 2.52 bits per heavy atom. The number of benzene rings is 2. The van der Waals surface area contributed by atoms with E-state index < -0.39 is 0 Å². The molecule has 0 aliphatic rings. The second-order valence-corrected chi connectivity index (χ2v) is 7.84. The van der Waals surface area contributed by atoms with Gasteiger partial charge in [-0.3, -0.25) is 4.79 Å². The zero-order valence-corrected chi connectivity index (χ0v) is 18.6. The molecule has 2 aromatic heterocycles. The number of nitrogens with zero attached hydrogens (tertiary/aromatic N) is 2. The average Bonchev–Trinajstić information content (AvgIpc) is 3.14. The van der Waals surface area contributed by atoms with Crippen LogP contribution in [0.15, 0.2) is 41.7 Å². The number of fused-ring (bicyclic) bond motifs is 3. The maximum atomic E-state index is 12.4. The molecule has 0 saturated carbocycles. The molecule has 0 aliphatic heterocycles. The lowest BCUT2D eigenvalue weighted by atomic mass is 10.2. The summed E-state index contributed by atoms with van der Waals surface area (Å²) >= 11 is 7.42. The minimum atomic E-state index is -0.183. The summed E-state index contributed by atoms with van der Waals surface area (Å²) in [5.41, 5.74) is 2.93. The van der Waals surface area contributed by atoms with Crippen LogP contribution < -0.4 is 19.5 Å². The Morgan fingerprint density at radius 1 is 1.06 bits per heavy atom. The molecule has 4 aromatic rings. The summed E-state index contributed by atoms with van der Waals surface area (Å²) in [4.78, 5) is 24.5. The second-order valence-electron chi connectivity index (χ2n) is 6.47. The molecule has 0 bridgehead atoms. The molecule has 1 amide bonds. The van der Waals surface area contributed by atoms with Crippen molar-refractivity contribution in [3.63, 3.8) is 0 Å². The lowest BCUT2D eigenvalue weighted by Crippen LogP contribution is -2.14. The summed E-state index contributed by atoms with van der Waals surface area (Å²) in [6.45, 7) is 0. The highest BCUT2D eigenvalue weighted by Crippen LogP contribution is 2.37. The van der Waals surface area contributed by atoms with E-state index in [0.29, 0.717) is 33.0 Å². The molecule has 10 heteroatoms. The number of nitrogens with one attached hydrogen (secondary N) is 2. The molecule has 0 fully saturated rings. The van der Waals surface area contributed by atoms with Crippen LogP contribution in [0.5, 0.6) is 17.2 Å². The van der Waals surface area contributed by atoms with Gasteiger partial charge in [-0.25, -0.2) is 9.97 Å². The Bertz CT molecular complexity index is 1280. The number of thioether (sulfide) groups is 1. The SMILES string of the molecule is COc1ccc(NC(=O)CSc2ncnc3c2[nH]c2cc(OC)c(OC)cc23)cc1Cl. The standard InChI is InChI=1S/C21H19ClN4O4S/c1-28-15-5-4-11(6-13(15)22)25-18(27)9-31-21-20-19(23-10-24-21)12-7-16(29-2)17(30-3)8-14(12)26-20/h4-8,10,26H,9H2,1-3H3,(H,25,27). The average molecular weight is 459 g/mol. The first-order chi connectivity index (χ1) is 15.0. The molecule has 0 saturated heterocycles. The number of carbonyl (C=O) groups is 1. The second kappa shape index (κ2) is 8.91. The first-order valence-electron chi connectivity index (χ1n) is 9.18. The highest BCUT2D eigenvalue weighted by Gasteiger charge is 2.16. The van der Waals surface area contributed by atoms with Gasteiger partial charge in [-0.2, -0.15) is 0 Å². The van der Waals surface area contributed by atoms with Gasteiger partial charge in [-0.15, -0.1) is 0 Å². The molecule has 0 atom stereocenters. The quantitative estimate of drug-likeness (QED) is 0.310. The van der Waals surface area contributed by atoms with Crippen molar-refractivity contribution in [1.82, 2.24) is 15.0 Å². The van der Waals surface area contributed by atoms with E-state index in [2.05, 4.69) is 20.3 Å². The predicted octanol–water partition coefficient (Wildman–Crippen LogP) is 4.52. The van der Waals surface area contributed by atoms with E-state index in [1.807, 2.05) is 12.1 Å². The molecular weight excluding hydrogens is 440 g/mol. The predicted molar refractivity (Wildman–Crippen MR) is 122 cm³/mol. The lowest BCUT2D eigenvalue weighted by molar-refractivity contribution is -0.113. The Hall–Kier alpha value is -3.17. The van der Waals surface area contributed by atoms with Gasteiger partial charge >= 0.3 is 0 Å². The van der Waals surface area contributed by atoms with Crippen molar-refractivity contribution in [1.29, 1.82) is 0 Å². The van der Waals surface area contributed by atoms with E-state index in [1.54, 1.807) is 32.4 Å². The van der Waals surface area contributed by atoms with Gasteiger partial charge in [-0.1, -0.05) is 23.4 Å². The molecule has 160 valence electrons. The summed E-state index contributed by atoms with van der Waals surface area (Å²) in [7, 11) is 4.71. The number of halogens is 1. The van der Waals surface area contributed by atoms with Crippen LogP contribution in [0, 0.1) is 0 Å². The Labute approximate surface area is 187 Å². The number of methoxy groups -OCH3 is 3. The first-order valence-corrected chi connectivity index (χ1v) is 10.5. The Balaban J connectivity index is 1.55. The zero-order valence-electron chi connectivity index (χ0n) is 17.0. The molecular formula is C21H19ClN4O4S. The van der Waals surface area contributed by atoms with Crippen molar-refractivity contribution in [2.75, 3.05) is 32.4 Å². The van der Waals surface area contributed by atoms with Gasteiger partial charge in [0.05, 0.1) is 43.1 Å². The van der Waals surface area contributed by atoms with Crippen molar-refractivity contribution in [3.05, 3.63) is 41.7 Å². The molecule has 0 radical (unpaired) electrons. The number of aromatic nitrogens is 3. The number of H-pyrrole nitrogens is 1. The molecule has 2 heterocycles. The maximum Gasteiger partial charge on any atom is 0.234 e. The van der Waals surface area contributed by atoms with Crippen LogP contribution >= 0.6 is 23.4 Å². The van der Waals surface area contributed by atoms with Crippen molar-refractivity contribution >= 4 is 56.9 Å². The van der Waals surface area contributed by atoms with Crippen LogP contribution in [0.1, 0.15) is 0 Å². The van der Waals surface area contributed by atoms with Crippen LogP contribution in [-0.4, -0.2) is 47.9 Å². The van der Waals surface area contributed by atoms with Gasteiger partial charge in [0.25, 0.3) is 0 Å². The minimum absolute atomic E-state index is 0.164. The Kier molecular flexibility index (Phi) is 6.06. The fourth-order valence-electron chi connectivity index (χ4n) is 3.18. The van der Waals surface area contributed by atoms with Crippen LogP contribution in [0.2, 0.25) is 5.02 Å². The highest BCUT2D eigenvalue weighted by molar-refractivity contribution is 8.00. The van der Waals surface area contributed by atoms with E-state index in [9.17, 15) is 4.79 Å². The molecule has 0 spiro atoms. The van der Waals surface area contributed by atoms with Gasteiger partial charge in [-0.05, 0) is 24.3 Å². The number of hydrogen-bond acceptors (Lipinski definition) is 7. The van der Waals surface area contributed by atoms with E-state index >= 15 is 0 Å². The van der Waals surface area contributed by atoms with Gasteiger partial charge in [0.15, 0.2) is 11.5 Å². The monoisotopic (exact) mass is 458 g/mol. The number of aromatic amines is 1. The van der Waals surface area contributed by atoms with Crippen LogP contribution in [0.4, 0.5) is 5.69 Å². The van der Waals surface area contributed by atoms with E-state index in [4.69, 9.17) is 25.8 Å². The number of amides is 1. The Morgan fingerprint density at radius 2 is 1.81 bits per heavy atom. The number of carbonyl (C=O) groups excluding carboxylic acids is 1. The topological polar surface area (TPSA) is 98.4 Å². The van der Waals surface area contributed by atoms with Crippen LogP contribution in [0.3, 0.4) is 0 Å². The smallest absolute Gasteiger partial charge is 0.234 e. The third-order valence-electron chi connectivity index (χ3n) is 4.63. The maximum absolute atomic E-state index is 12.4. The lowest BCUT2D eigenvalue weighted by Gasteiger charge is -2.08. The highest BCUT2D eigenvalue weighted by atomic mass is 35.5. The number of anilines is 1. The summed E-state index contributed by atoms with van der Waals surface area (Å²) in [5, 5.41) is 4.80.